The summed E-state index contributed by atoms with van der Waals surface area (Å²) in [7, 11) is 1.46. The van der Waals surface area contributed by atoms with Crippen LogP contribution in [0.5, 0.6) is 5.75 Å². The molecule has 2 N–H and O–H groups in total. The summed E-state index contributed by atoms with van der Waals surface area (Å²) in [5.74, 6) is -0.387. The van der Waals surface area contributed by atoms with E-state index in [1.165, 1.54) is 13.2 Å². The number of ketones is 1. The fourth-order valence-electron chi connectivity index (χ4n) is 3.99. The number of carboxylic acids is 1. The second-order valence-electron chi connectivity index (χ2n) is 8.92. The van der Waals surface area contributed by atoms with E-state index in [0.29, 0.717) is 53.9 Å². The van der Waals surface area contributed by atoms with Gasteiger partial charge in [-0.3, -0.25) is 9.59 Å². The van der Waals surface area contributed by atoms with Gasteiger partial charge in [0.1, 0.15) is 11.5 Å². The smallest absolute Gasteiger partial charge is 0.416 e. The molecule has 2 aromatic carbocycles. The molecule has 0 amide bonds. The first-order valence-corrected chi connectivity index (χ1v) is 11.8. The quantitative estimate of drug-likeness (QED) is 0.339. The Morgan fingerprint density at radius 3 is 2.26 bits per heavy atom. The molecule has 0 aliphatic heterocycles. The van der Waals surface area contributed by atoms with Crippen molar-refractivity contribution in [1.82, 2.24) is 5.32 Å². The predicted octanol–water partition coefficient (Wildman–Crippen LogP) is 5.93. The number of hydrogen-bond donors (Lipinski definition) is 2. The summed E-state index contributed by atoms with van der Waals surface area (Å²) in [6.07, 6.45) is -2.53. The van der Waals surface area contributed by atoms with Crippen LogP contribution < -0.4 is 10.1 Å². The Balaban J connectivity index is 2.27. The molecule has 0 spiro atoms. The van der Waals surface area contributed by atoms with Crippen LogP contribution in [0, 0.1) is 5.41 Å². The van der Waals surface area contributed by atoms with Gasteiger partial charge >= 0.3 is 12.1 Å². The molecule has 0 fully saturated rings. The van der Waals surface area contributed by atoms with Crippen LogP contribution in [0.3, 0.4) is 0 Å². The maximum Gasteiger partial charge on any atom is 0.416 e. The van der Waals surface area contributed by atoms with Gasteiger partial charge in [0.05, 0.1) is 19.1 Å². The van der Waals surface area contributed by atoms with Crippen molar-refractivity contribution in [2.75, 3.05) is 20.2 Å². The molecule has 2 aromatic rings. The Bertz CT molecular complexity index is 1030. The molecule has 0 heterocycles. The maximum absolute atomic E-state index is 13.4. The molecule has 0 saturated heterocycles. The van der Waals surface area contributed by atoms with Gasteiger partial charge in [-0.1, -0.05) is 32.9 Å². The molecule has 8 heteroatoms. The van der Waals surface area contributed by atoms with Gasteiger partial charge in [0, 0.05) is 23.9 Å². The zero-order valence-corrected chi connectivity index (χ0v) is 20.7. The minimum Gasteiger partial charge on any atom is -0.496 e. The normalized spacial score (nSPS) is 12.0. The van der Waals surface area contributed by atoms with Gasteiger partial charge < -0.3 is 15.2 Å². The van der Waals surface area contributed by atoms with Gasteiger partial charge in [-0.05, 0) is 66.8 Å². The molecular formula is C27H34F3NO4. The Labute approximate surface area is 204 Å². The number of hydrogen-bond acceptors (Lipinski definition) is 4. The highest BCUT2D eigenvalue weighted by molar-refractivity contribution is 5.84. The Kier molecular flexibility index (Phi) is 9.89. The first-order chi connectivity index (χ1) is 16.4. The largest absolute Gasteiger partial charge is 0.496 e. The number of alkyl halides is 3. The van der Waals surface area contributed by atoms with Crippen LogP contribution in [-0.2, 0) is 28.6 Å². The number of methoxy groups -OCH3 is 1. The van der Waals surface area contributed by atoms with Crippen molar-refractivity contribution in [2.45, 2.75) is 59.1 Å². The second kappa shape index (κ2) is 12.2. The van der Waals surface area contributed by atoms with Crippen molar-refractivity contribution in [1.29, 1.82) is 0 Å². The van der Waals surface area contributed by atoms with Crippen molar-refractivity contribution in [3.63, 3.8) is 0 Å². The summed E-state index contributed by atoms with van der Waals surface area (Å²) in [5.41, 5.74) is 0.945. The molecule has 0 unspecified atom stereocenters. The minimum absolute atomic E-state index is 0.176. The van der Waals surface area contributed by atoms with Gasteiger partial charge in [0.15, 0.2) is 0 Å². The van der Waals surface area contributed by atoms with Gasteiger partial charge in [0.2, 0.25) is 0 Å². The number of carbonyl (C=O) groups is 2. The lowest BCUT2D eigenvalue weighted by Crippen LogP contribution is -2.30. The number of aliphatic carboxylic acids is 1. The molecule has 0 aliphatic rings. The second-order valence-corrected chi connectivity index (χ2v) is 8.92. The predicted molar refractivity (Wildman–Crippen MR) is 130 cm³/mol. The third kappa shape index (κ3) is 7.56. The fourth-order valence-corrected chi connectivity index (χ4v) is 3.99. The van der Waals surface area contributed by atoms with E-state index in [-0.39, 0.29) is 17.6 Å². The molecule has 192 valence electrons. The van der Waals surface area contributed by atoms with Gasteiger partial charge in [-0.2, -0.15) is 13.2 Å². The molecular weight excluding hydrogens is 459 g/mol. The fraction of sp³-hybridized carbons (Fsp3) is 0.481. The van der Waals surface area contributed by atoms with E-state index in [2.05, 4.69) is 5.32 Å². The van der Waals surface area contributed by atoms with E-state index in [0.717, 1.165) is 25.0 Å². The Morgan fingerprint density at radius 1 is 1.00 bits per heavy atom. The molecule has 0 radical (unpaired) electrons. The van der Waals surface area contributed by atoms with Crippen molar-refractivity contribution >= 4 is 11.8 Å². The van der Waals surface area contributed by atoms with E-state index in [1.807, 2.05) is 20.8 Å². The highest BCUT2D eigenvalue weighted by Gasteiger charge is 2.31. The summed E-state index contributed by atoms with van der Waals surface area (Å²) >= 11 is 0. The summed E-state index contributed by atoms with van der Waals surface area (Å²) < 4.78 is 45.7. The van der Waals surface area contributed by atoms with Crippen LogP contribution in [0.4, 0.5) is 13.2 Å². The van der Waals surface area contributed by atoms with Crippen molar-refractivity contribution in [3.05, 3.63) is 53.1 Å². The molecule has 0 atom stereocenters. The number of benzene rings is 2. The number of ether oxygens (including phenoxy) is 1. The number of carboxylic acid groups (broad SMARTS) is 1. The molecule has 2 rings (SSSR count). The summed E-state index contributed by atoms with van der Waals surface area (Å²) in [5, 5.41) is 12.3. The Morgan fingerprint density at radius 2 is 1.69 bits per heavy atom. The summed E-state index contributed by atoms with van der Waals surface area (Å²) in [4.78, 5) is 23.7. The van der Waals surface area contributed by atoms with E-state index < -0.39 is 17.7 Å². The summed E-state index contributed by atoms with van der Waals surface area (Å²) in [6.45, 7) is 6.76. The zero-order chi connectivity index (χ0) is 26.2. The third-order valence-corrected chi connectivity index (χ3v) is 6.68. The molecule has 5 nitrogen and oxygen atoms in total. The van der Waals surface area contributed by atoms with Crippen LogP contribution in [0.15, 0.2) is 36.4 Å². The SMILES string of the molecule is CCC(C)(CC)C(=O)CCNCCc1cc(C(F)(F)F)ccc1-c1cc(CC(=O)O)ccc1OC. The third-order valence-electron chi connectivity index (χ3n) is 6.68. The van der Waals surface area contributed by atoms with Gasteiger partial charge in [0.25, 0.3) is 0 Å². The number of rotatable bonds is 13. The lowest BCUT2D eigenvalue weighted by molar-refractivity contribution is -0.138. The van der Waals surface area contributed by atoms with Crippen LogP contribution in [0.1, 0.15) is 56.7 Å². The molecule has 35 heavy (non-hydrogen) atoms. The molecule has 0 bridgehead atoms. The monoisotopic (exact) mass is 493 g/mol. The highest BCUT2D eigenvalue weighted by atomic mass is 19.4. The van der Waals surface area contributed by atoms with Crippen LogP contribution in [-0.4, -0.2) is 37.1 Å². The lowest BCUT2D eigenvalue weighted by atomic mass is 9.79. The number of nitrogens with one attached hydrogen (secondary N) is 1. The molecule has 0 saturated carbocycles. The average Bonchev–Trinajstić information content (AvgIpc) is 2.82. The minimum atomic E-state index is -4.49. The van der Waals surface area contributed by atoms with E-state index in [1.54, 1.807) is 18.2 Å². The van der Waals surface area contributed by atoms with Crippen LogP contribution in [0.25, 0.3) is 11.1 Å². The average molecular weight is 494 g/mol. The van der Waals surface area contributed by atoms with Crippen molar-refractivity contribution in [2.24, 2.45) is 5.41 Å². The number of halogens is 3. The first kappa shape index (κ1) is 28.4. The lowest BCUT2D eigenvalue weighted by Gasteiger charge is -2.24. The number of carbonyl (C=O) groups excluding carboxylic acids is 1. The highest BCUT2D eigenvalue weighted by Crippen LogP contribution is 2.37. The van der Waals surface area contributed by atoms with Crippen molar-refractivity contribution in [3.8, 4) is 16.9 Å². The maximum atomic E-state index is 13.4. The first-order valence-electron chi connectivity index (χ1n) is 11.8. The summed E-state index contributed by atoms with van der Waals surface area (Å²) in [6, 6.07) is 8.43. The zero-order valence-electron chi connectivity index (χ0n) is 20.7. The van der Waals surface area contributed by atoms with Crippen LogP contribution >= 0.6 is 0 Å². The standard InChI is InChI=1S/C27H34F3NO4/c1-5-26(3,6-2)24(32)12-14-31-13-11-19-17-20(27(28,29)30)8-9-21(19)22-15-18(16-25(33)34)7-10-23(22)35-4/h7-10,15,17,31H,5-6,11-14,16H2,1-4H3,(H,33,34). The van der Waals surface area contributed by atoms with Gasteiger partial charge in [-0.15, -0.1) is 0 Å². The van der Waals surface area contributed by atoms with Crippen molar-refractivity contribution < 1.29 is 32.6 Å². The topological polar surface area (TPSA) is 75.6 Å². The Hall–Kier alpha value is -2.87. The van der Waals surface area contributed by atoms with Crippen LogP contribution in [0.2, 0.25) is 0 Å². The van der Waals surface area contributed by atoms with E-state index >= 15 is 0 Å². The number of Topliss-reactive ketones (excluding diaryl/α,β-unsaturated/α-hetero) is 1. The van der Waals surface area contributed by atoms with E-state index in [4.69, 9.17) is 9.84 Å². The molecule has 0 aromatic heterocycles. The molecule has 0 aliphatic carbocycles. The van der Waals surface area contributed by atoms with Gasteiger partial charge in [-0.25, -0.2) is 0 Å². The van der Waals surface area contributed by atoms with E-state index in [9.17, 15) is 22.8 Å².